The number of thiazole rings is 1. The predicted molar refractivity (Wildman–Crippen MR) is 72.7 cm³/mol. The molecular formula is C13H13F3N2OS. The zero-order chi connectivity index (χ0) is 14.9. The lowest BCUT2D eigenvalue weighted by atomic mass is 10.1. The van der Waals surface area contributed by atoms with Crippen molar-refractivity contribution in [3.05, 3.63) is 29.3 Å². The first-order valence-electron chi connectivity index (χ1n) is 5.89. The number of rotatable bonds is 3. The molecule has 2 aromatic rings. The van der Waals surface area contributed by atoms with E-state index in [1.807, 2.05) is 13.8 Å². The van der Waals surface area contributed by atoms with Crippen LogP contribution < -0.4 is 10.5 Å². The molecule has 0 amide bonds. The van der Waals surface area contributed by atoms with Gasteiger partial charge in [0.1, 0.15) is 16.4 Å². The van der Waals surface area contributed by atoms with Gasteiger partial charge in [-0.05, 0) is 12.1 Å². The maximum Gasteiger partial charge on any atom is 0.573 e. The van der Waals surface area contributed by atoms with Gasteiger partial charge in [-0.25, -0.2) is 4.98 Å². The van der Waals surface area contributed by atoms with Gasteiger partial charge >= 0.3 is 6.36 Å². The molecule has 20 heavy (non-hydrogen) atoms. The summed E-state index contributed by atoms with van der Waals surface area (Å²) in [7, 11) is 0. The number of hydrogen-bond donors (Lipinski definition) is 1. The zero-order valence-corrected chi connectivity index (χ0v) is 11.7. The molecular weight excluding hydrogens is 289 g/mol. The average molecular weight is 302 g/mol. The van der Waals surface area contributed by atoms with E-state index in [1.54, 1.807) is 6.07 Å². The summed E-state index contributed by atoms with van der Waals surface area (Å²) in [5, 5.41) is 1.16. The third kappa shape index (κ3) is 3.22. The van der Waals surface area contributed by atoms with Crippen LogP contribution in [-0.4, -0.2) is 11.3 Å². The Hall–Kier alpha value is -1.76. The van der Waals surface area contributed by atoms with Crippen molar-refractivity contribution in [3.8, 4) is 17.0 Å². The van der Waals surface area contributed by atoms with Crippen LogP contribution in [0.1, 0.15) is 24.8 Å². The van der Waals surface area contributed by atoms with E-state index in [0.29, 0.717) is 10.7 Å². The molecule has 108 valence electrons. The summed E-state index contributed by atoms with van der Waals surface area (Å²) < 4.78 is 41.2. The Bertz CT molecular complexity index is 608. The molecule has 0 fully saturated rings. The molecule has 0 saturated heterocycles. The van der Waals surface area contributed by atoms with Crippen LogP contribution in [0.15, 0.2) is 24.3 Å². The Kier molecular flexibility index (Phi) is 3.89. The molecule has 0 aliphatic rings. The lowest BCUT2D eigenvalue weighted by molar-refractivity contribution is -0.274. The summed E-state index contributed by atoms with van der Waals surface area (Å²) in [4.78, 5) is 4.32. The summed E-state index contributed by atoms with van der Waals surface area (Å²) in [5.74, 6) is -0.140. The Morgan fingerprint density at radius 2 is 1.90 bits per heavy atom. The standard InChI is InChI=1S/C13H13F3N2OS/c1-7(2)12-18-10(11(17)20-12)8-5-3-4-6-9(8)19-13(14,15)16/h3-7H,17H2,1-2H3. The van der Waals surface area contributed by atoms with Crippen LogP contribution in [-0.2, 0) is 0 Å². The van der Waals surface area contributed by atoms with E-state index in [0.717, 1.165) is 5.01 Å². The quantitative estimate of drug-likeness (QED) is 0.913. The first-order valence-corrected chi connectivity index (χ1v) is 6.71. The number of alkyl halides is 3. The third-order valence-corrected chi connectivity index (χ3v) is 3.72. The van der Waals surface area contributed by atoms with Crippen molar-refractivity contribution >= 4 is 16.3 Å². The number of nitrogens with two attached hydrogens (primary N) is 1. The van der Waals surface area contributed by atoms with E-state index in [2.05, 4.69) is 9.72 Å². The highest BCUT2D eigenvalue weighted by atomic mass is 32.1. The normalized spacial score (nSPS) is 11.9. The lowest BCUT2D eigenvalue weighted by Gasteiger charge is -2.12. The number of nitrogens with zero attached hydrogens (tertiary/aromatic N) is 1. The lowest BCUT2D eigenvalue weighted by Crippen LogP contribution is -2.17. The maximum atomic E-state index is 12.4. The summed E-state index contributed by atoms with van der Waals surface area (Å²) in [6.07, 6.45) is -4.75. The van der Waals surface area contributed by atoms with Gasteiger partial charge in [-0.2, -0.15) is 0 Å². The average Bonchev–Trinajstić information content (AvgIpc) is 2.70. The summed E-state index contributed by atoms with van der Waals surface area (Å²) in [6.45, 7) is 3.89. The SMILES string of the molecule is CC(C)c1nc(-c2ccccc2OC(F)(F)F)c(N)s1. The topological polar surface area (TPSA) is 48.1 Å². The second-order valence-electron chi connectivity index (χ2n) is 4.46. The van der Waals surface area contributed by atoms with Crippen molar-refractivity contribution in [2.75, 3.05) is 5.73 Å². The predicted octanol–water partition coefficient (Wildman–Crippen LogP) is 4.41. The van der Waals surface area contributed by atoms with Crippen molar-refractivity contribution in [3.63, 3.8) is 0 Å². The van der Waals surface area contributed by atoms with Gasteiger partial charge < -0.3 is 10.5 Å². The Balaban J connectivity index is 2.47. The molecule has 2 N–H and O–H groups in total. The largest absolute Gasteiger partial charge is 0.573 e. The zero-order valence-electron chi connectivity index (χ0n) is 10.9. The first-order chi connectivity index (χ1) is 9.28. The highest BCUT2D eigenvalue weighted by Crippen LogP contribution is 2.39. The summed E-state index contributed by atoms with van der Waals surface area (Å²) >= 11 is 1.27. The highest BCUT2D eigenvalue weighted by molar-refractivity contribution is 7.16. The maximum absolute atomic E-state index is 12.4. The minimum atomic E-state index is -4.75. The second kappa shape index (κ2) is 5.32. The van der Waals surface area contributed by atoms with Gasteiger partial charge in [0.15, 0.2) is 0 Å². The Morgan fingerprint density at radius 3 is 2.45 bits per heavy atom. The Labute approximate surface area is 118 Å². The number of benzene rings is 1. The van der Waals surface area contributed by atoms with E-state index in [1.165, 1.54) is 29.5 Å². The summed E-state index contributed by atoms with van der Waals surface area (Å²) in [5.41, 5.74) is 6.44. The monoisotopic (exact) mass is 302 g/mol. The van der Waals surface area contributed by atoms with Crippen LogP contribution in [0.25, 0.3) is 11.3 Å². The number of anilines is 1. The second-order valence-corrected chi connectivity index (χ2v) is 5.53. The fraction of sp³-hybridized carbons (Fsp3) is 0.308. The number of aromatic nitrogens is 1. The van der Waals surface area contributed by atoms with Crippen LogP contribution in [0.2, 0.25) is 0 Å². The molecule has 0 saturated carbocycles. The van der Waals surface area contributed by atoms with Crippen LogP contribution in [0, 0.1) is 0 Å². The van der Waals surface area contributed by atoms with Gasteiger partial charge in [-0.3, -0.25) is 0 Å². The molecule has 2 rings (SSSR count). The minimum absolute atomic E-state index is 0.159. The van der Waals surface area contributed by atoms with E-state index < -0.39 is 6.36 Å². The Morgan fingerprint density at radius 1 is 1.25 bits per heavy atom. The number of para-hydroxylation sites is 1. The van der Waals surface area contributed by atoms with E-state index >= 15 is 0 Å². The molecule has 0 unspecified atom stereocenters. The van der Waals surface area contributed by atoms with E-state index in [9.17, 15) is 13.2 Å². The molecule has 0 aliphatic carbocycles. The number of ether oxygens (including phenoxy) is 1. The van der Waals surface area contributed by atoms with Gasteiger partial charge in [0, 0.05) is 11.5 Å². The van der Waals surface area contributed by atoms with Gasteiger partial charge in [-0.15, -0.1) is 24.5 Å². The number of halogens is 3. The molecule has 0 aliphatic heterocycles. The molecule has 1 heterocycles. The van der Waals surface area contributed by atoms with Crippen molar-refractivity contribution in [2.45, 2.75) is 26.1 Å². The van der Waals surface area contributed by atoms with E-state index in [4.69, 9.17) is 5.73 Å². The minimum Gasteiger partial charge on any atom is -0.405 e. The first kappa shape index (κ1) is 14.6. The van der Waals surface area contributed by atoms with Crippen LogP contribution in [0.5, 0.6) is 5.75 Å². The number of hydrogen-bond acceptors (Lipinski definition) is 4. The van der Waals surface area contributed by atoms with Gasteiger partial charge in [0.2, 0.25) is 0 Å². The van der Waals surface area contributed by atoms with Crippen molar-refractivity contribution in [1.82, 2.24) is 4.98 Å². The molecule has 0 radical (unpaired) electrons. The molecule has 0 spiro atoms. The fourth-order valence-corrected chi connectivity index (χ4v) is 2.52. The molecule has 1 aromatic heterocycles. The van der Waals surface area contributed by atoms with Crippen molar-refractivity contribution in [1.29, 1.82) is 0 Å². The highest BCUT2D eigenvalue weighted by Gasteiger charge is 2.32. The molecule has 0 atom stereocenters. The molecule has 3 nitrogen and oxygen atoms in total. The summed E-state index contributed by atoms with van der Waals surface area (Å²) in [6, 6.07) is 5.84. The fourth-order valence-electron chi connectivity index (χ4n) is 1.66. The molecule has 1 aromatic carbocycles. The van der Waals surface area contributed by atoms with Gasteiger partial charge in [0.25, 0.3) is 0 Å². The smallest absolute Gasteiger partial charge is 0.405 e. The third-order valence-electron chi connectivity index (χ3n) is 2.53. The van der Waals surface area contributed by atoms with Gasteiger partial charge in [0.05, 0.1) is 5.01 Å². The number of nitrogen functional groups attached to an aromatic ring is 1. The van der Waals surface area contributed by atoms with E-state index in [-0.39, 0.29) is 17.2 Å². The molecule has 0 bridgehead atoms. The van der Waals surface area contributed by atoms with Crippen molar-refractivity contribution in [2.24, 2.45) is 0 Å². The van der Waals surface area contributed by atoms with Gasteiger partial charge in [-0.1, -0.05) is 26.0 Å². The molecule has 7 heteroatoms. The van der Waals surface area contributed by atoms with Crippen LogP contribution in [0.4, 0.5) is 18.2 Å². The van der Waals surface area contributed by atoms with Crippen molar-refractivity contribution < 1.29 is 17.9 Å². The van der Waals surface area contributed by atoms with Crippen LogP contribution in [0.3, 0.4) is 0 Å². The van der Waals surface area contributed by atoms with Crippen LogP contribution >= 0.6 is 11.3 Å².